The van der Waals surface area contributed by atoms with E-state index in [2.05, 4.69) is 63.3 Å². The minimum Gasteiger partial charge on any atom is -0.491 e. The van der Waals surface area contributed by atoms with E-state index in [4.69, 9.17) is 29.2 Å². The predicted octanol–water partition coefficient (Wildman–Crippen LogP) is 7.02. The molecule has 3 aromatic carbocycles. The predicted molar refractivity (Wildman–Crippen MR) is 301 cm³/mol. The van der Waals surface area contributed by atoms with Gasteiger partial charge in [0.15, 0.2) is 39.2 Å². The number of carbonyl (C=O) groups excluding carboxylic acids is 4. The Morgan fingerprint density at radius 2 is 1.62 bits per heavy atom. The number of para-hydroxylation sites is 1. The minimum atomic E-state index is -1.18. The van der Waals surface area contributed by atoms with Gasteiger partial charge in [0.05, 0.1) is 56.4 Å². The van der Waals surface area contributed by atoms with Gasteiger partial charge in [-0.25, -0.2) is 23.9 Å². The number of nitrogens with one attached hydrogen (secondary N) is 5. The lowest BCUT2D eigenvalue weighted by Crippen LogP contribution is -2.54. The molecule has 0 aliphatic carbocycles. The molecule has 6 aromatic rings. The summed E-state index contributed by atoms with van der Waals surface area (Å²) in [5, 5.41) is 34.5. The van der Waals surface area contributed by atoms with Crippen LogP contribution in [0.3, 0.4) is 0 Å². The van der Waals surface area contributed by atoms with Gasteiger partial charge in [-0.2, -0.15) is 0 Å². The number of hydrogen-bond acceptors (Lipinski definition) is 20. The molecule has 24 nitrogen and oxygen atoms in total. The molecule has 0 bridgehead atoms. The van der Waals surface area contributed by atoms with Crippen molar-refractivity contribution in [3.63, 3.8) is 0 Å². The van der Waals surface area contributed by atoms with Crippen molar-refractivity contribution in [2.45, 2.75) is 59.2 Å². The van der Waals surface area contributed by atoms with Crippen molar-refractivity contribution < 1.29 is 57.2 Å². The Labute approximate surface area is 474 Å². The van der Waals surface area contributed by atoms with Crippen LogP contribution >= 0.6 is 22.7 Å². The molecule has 6 N–H and O–H groups in total. The van der Waals surface area contributed by atoms with E-state index in [1.165, 1.54) is 53.7 Å². The van der Waals surface area contributed by atoms with Gasteiger partial charge in [-0.05, 0) is 92.3 Å². The molecule has 3 heterocycles. The number of nitrogens with zero attached hydrogens (tertiary/aromatic N) is 8. The van der Waals surface area contributed by atoms with E-state index in [-0.39, 0.29) is 56.9 Å². The van der Waals surface area contributed by atoms with Gasteiger partial charge in [-0.3, -0.25) is 14.4 Å². The van der Waals surface area contributed by atoms with Gasteiger partial charge in [0.2, 0.25) is 22.6 Å². The van der Waals surface area contributed by atoms with E-state index in [0.29, 0.717) is 82.8 Å². The monoisotopic (exact) mass is 1150 g/mol. The molecule has 6 rings (SSSR count). The highest BCUT2D eigenvalue weighted by Crippen LogP contribution is 2.33. The Balaban J connectivity index is 0.869. The fourth-order valence-electron chi connectivity index (χ4n) is 7.21. The highest BCUT2D eigenvalue weighted by Gasteiger charge is 2.27. The van der Waals surface area contributed by atoms with Gasteiger partial charge in [-0.15, -0.1) is 21.5 Å². The highest BCUT2D eigenvalue weighted by molar-refractivity contribution is 7.22. The third-order valence-corrected chi connectivity index (χ3v) is 13.7. The Kier molecular flexibility index (Phi) is 23.9. The second kappa shape index (κ2) is 31.3. The number of aromatic carboxylic acids is 1. The maximum atomic E-state index is 15.1. The van der Waals surface area contributed by atoms with E-state index in [1.807, 2.05) is 37.3 Å². The smallest absolute Gasteiger partial charge is 0.410 e. The van der Waals surface area contributed by atoms with E-state index < -0.39 is 47.7 Å². The Morgan fingerprint density at radius 3 is 2.32 bits per heavy atom. The van der Waals surface area contributed by atoms with Crippen molar-refractivity contribution in [2.24, 2.45) is 11.0 Å². The van der Waals surface area contributed by atoms with Crippen molar-refractivity contribution in [3.8, 4) is 17.6 Å². The number of carboxylic acids is 1. The highest BCUT2D eigenvalue weighted by atomic mass is 32.1. The average molecular weight is 1150 g/mol. The number of amides is 4. The van der Waals surface area contributed by atoms with Crippen LogP contribution in [0.25, 0.3) is 10.2 Å². The number of ether oxygens (including phenoxy) is 5. The largest absolute Gasteiger partial charge is 0.491 e. The van der Waals surface area contributed by atoms with E-state index in [9.17, 15) is 29.1 Å². The summed E-state index contributed by atoms with van der Waals surface area (Å²) in [6.45, 7) is 8.23. The van der Waals surface area contributed by atoms with Crippen molar-refractivity contribution in [1.82, 2.24) is 40.6 Å². The number of benzene rings is 3. The third kappa shape index (κ3) is 19.4. The molecule has 0 fully saturated rings. The fourth-order valence-corrected chi connectivity index (χ4v) is 9.14. The summed E-state index contributed by atoms with van der Waals surface area (Å²) in [6.07, 6.45) is 0.0291. The summed E-state index contributed by atoms with van der Waals surface area (Å²) in [7, 11) is 3.23. The number of aryl methyl sites for hydroxylation is 2. The number of rotatable bonds is 30. The van der Waals surface area contributed by atoms with Crippen LogP contribution in [-0.4, -0.2) is 145 Å². The molecule has 0 unspecified atom stereocenters. The zero-order chi connectivity index (χ0) is 58.3. The molecule has 0 radical (unpaired) electrons. The second-order valence-electron chi connectivity index (χ2n) is 18.2. The lowest BCUT2D eigenvalue weighted by Gasteiger charge is -2.24. The van der Waals surface area contributed by atoms with Gasteiger partial charge in [0.1, 0.15) is 42.5 Å². The van der Waals surface area contributed by atoms with Gasteiger partial charge in [0, 0.05) is 30.2 Å². The van der Waals surface area contributed by atoms with Gasteiger partial charge < -0.3 is 59.9 Å². The first-order chi connectivity index (χ1) is 39.0. The zero-order valence-corrected chi connectivity index (χ0v) is 47.1. The summed E-state index contributed by atoms with van der Waals surface area (Å²) in [4.78, 5) is 78.8. The summed E-state index contributed by atoms with van der Waals surface area (Å²) >= 11 is 2.71. The van der Waals surface area contributed by atoms with E-state index in [0.717, 1.165) is 15.8 Å². The fraction of sp³-hybridized carbons (Fsp3) is 0.389. The van der Waals surface area contributed by atoms with Crippen LogP contribution in [0.4, 0.5) is 36.8 Å². The summed E-state index contributed by atoms with van der Waals surface area (Å²) in [5.41, 5.74) is 9.58. The number of halogens is 1. The molecule has 2 atom stereocenters. The number of thiazole rings is 2. The maximum absolute atomic E-state index is 15.1. The molecule has 3 aromatic heterocycles. The van der Waals surface area contributed by atoms with Gasteiger partial charge >= 0.3 is 12.1 Å². The summed E-state index contributed by atoms with van der Waals surface area (Å²) in [6, 6.07) is 18.5. The molecule has 0 spiro atoms. The molecular weight excluding hydrogens is 1090 g/mol. The Hall–Kier alpha value is -8.51. The van der Waals surface area contributed by atoms with Crippen LogP contribution in [0, 0.1) is 36.0 Å². The summed E-state index contributed by atoms with van der Waals surface area (Å²) in [5.74, 6) is 2.99. The maximum Gasteiger partial charge on any atom is 0.410 e. The molecule has 27 heteroatoms. The third-order valence-electron chi connectivity index (χ3n) is 11.6. The first-order valence-electron chi connectivity index (χ1n) is 25.5. The molecule has 4 amide bonds. The lowest BCUT2D eigenvalue weighted by atomic mass is 10.0. The van der Waals surface area contributed by atoms with Crippen LogP contribution in [-0.2, 0) is 46.4 Å². The second-order valence-corrected chi connectivity index (χ2v) is 20.3. The van der Waals surface area contributed by atoms with Gasteiger partial charge in [0.25, 0.3) is 0 Å². The van der Waals surface area contributed by atoms with Crippen molar-refractivity contribution in [1.29, 1.82) is 5.53 Å². The SMILES string of the molecule is Cc1cc(N(C)c2nc(C(=O)O)c(CCCOc3ccc(C#CCN(C)C(=O)OCc4ccc(NC(=O)[C@H](C)NC(=O)[C@@H](NC(=O)COCCOCCOCCN=[N+]=N)C(C)C)cc4)cc3F)s2)nnc1Nc1nc2ccccc2s1. The lowest BCUT2D eigenvalue weighted by molar-refractivity contribution is -0.133. The zero-order valence-electron chi connectivity index (χ0n) is 45.4. The quantitative estimate of drug-likeness (QED) is 0.0114. The van der Waals surface area contributed by atoms with Crippen molar-refractivity contribution in [2.75, 3.05) is 89.0 Å². The first-order valence-corrected chi connectivity index (χ1v) is 27.1. The Morgan fingerprint density at radius 1 is 0.877 bits per heavy atom. The van der Waals surface area contributed by atoms with E-state index >= 15 is 4.39 Å². The van der Waals surface area contributed by atoms with Crippen LogP contribution in [0.2, 0.25) is 0 Å². The van der Waals surface area contributed by atoms with Crippen LogP contribution in [0.15, 0.2) is 77.9 Å². The van der Waals surface area contributed by atoms with Crippen LogP contribution in [0.5, 0.6) is 5.75 Å². The summed E-state index contributed by atoms with van der Waals surface area (Å²) < 4.78 is 43.2. The van der Waals surface area contributed by atoms with Crippen LogP contribution in [0.1, 0.15) is 59.2 Å². The number of carbonyl (C=O) groups is 5. The van der Waals surface area contributed by atoms with E-state index in [1.54, 1.807) is 56.1 Å². The average Bonchev–Trinajstić information content (AvgIpc) is 4.12. The molecular formula is C54H63FN13O11S2+. The molecule has 0 aliphatic heterocycles. The van der Waals surface area contributed by atoms with Gasteiger partial charge in [-0.1, -0.05) is 61.3 Å². The molecule has 0 saturated heterocycles. The van der Waals surface area contributed by atoms with Crippen LogP contribution < -0.4 is 35.8 Å². The van der Waals surface area contributed by atoms with Crippen molar-refractivity contribution in [3.05, 3.63) is 106 Å². The molecule has 428 valence electrons. The number of fused-ring (bicyclic) bond motifs is 1. The number of carboxylic acid groups (broad SMARTS) is 1. The number of anilines is 5. The molecule has 0 saturated carbocycles. The molecule has 81 heavy (non-hydrogen) atoms. The number of hydrogen-bond donors (Lipinski definition) is 6. The normalized spacial score (nSPS) is 11.6. The number of aromatic nitrogens is 4. The van der Waals surface area contributed by atoms with Crippen molar-refractivity contribution >= 4 is 90.3 Å². The first kappa shape index (κ1) is 61.7. The minimum absolute atomic E-state index is 0.00260. The molecule has 0 aliphatic rings. The standard InChI is InChI=1S/C54H62FN13O11S2/c1-33(2)46(61-45(69)32-77-28-27-76-26-25-75-24-21-57-66-56)50(71)58-35(4)49(70)59-38-18-15-37(16-19-38)31-79-54(74)67(5)22-9-11-36-17-20-41(39(55)30-36)78-23-10-14-43-47(51(72)73)62-53(81-43)68(6)44-29-34(3)48(65-64-44)63-52-60-40-12-7-8-13-42(40)80-52/h7-8,12-13,15-20,29-30,33,35,46,56H,10,14,21-28,31-32H2,1-6H3,(H4-,58,59,60,61,63,65,69,70,71,72,73)/p+1/t35-,46-/m0/s1. The Bertz CT molecular complexity index is 3200. The topological polar surface area (TPSA) is 308 Å².